The number of hydrogen-bond donors (Lipinski definition) is 1. The van der Waals surface area contributed by atoms with Gasteiger partial charge in [-0.15, -0.1) is 0 Å². The van der Waals surface area contributed by atoms with Gasteiger partial charge in [-0.05, 0) is 20.8 Å². The Hall–Kier alpha value is -2.12. The third-order valence-electron chi connectivity index (χ3n) is 3.12. The van der Waals surface area contributed by atoms with E-state index in [0.717, 1.165) is 0 Å². The number of rotatable bonds is 7. The van der Waals surface area contributed by atoms with E-state index < -0.39 is 4.92 Å². The molecule has 0 radical (unpaired) electrons. The molecule has 0 bridgehead atoms. The number of aromatic nitrogens is 2. The molecule has 0 unspecified atom stereocenters. The van der Waals surface area contributed by atoms with Gasteiger partial charge in [0.15, 0.2) is 0 Å². The molecule has 0 saturated carbocycles. The Morgan fingerprint density at radius 1 is 1.45 bits per heavy atom. The summed E-state index contributed by atoms with van der Waals surface area (Å²) in [4.78, 5) is 24.1. The van der Waals surface area contributed by atoms with Crippen molar-refractivity contribution in [2.75, 3.05) is 25.0 Å². The SMILES string of the molecule is CCN(CC)C(=O)CCNc1c([N+](=O)[O-])c(C)nn1C. The van der Waals surface area contributed by atoms with Crippen LogP contribution in [0.25, 0.3) is 0 Å². The highest BCUT2D eigenvalue weighted by molar-refractivity contribution is 5.76. The Bertz CT molecular complexity index is 494. The van der Waals surface area contributed by atoms with Crippen LogP contribution >= 0.6 is 0 Å². The number of amides is 1. The van der Waals surface area contributed by atoms with Crippen molar-refractivity contribution in [3.8, 4) is 0 Å². The van der Waals surface area contributed by atoms with E-state index in [1.807, 2.05) is 13.8 Å². The van der Waals surface area contributed by atoms with Crippen molar-refractivity contribution >= 4 is 17.4 Å². The molecule has 1 amide bonds. The Balaban J connectivity index is 2.67. The maximum absolute atomic E-state index is 11.8. The molecule has 1 aromatic rings. The molecule has 0 aliphatic rings. The summed E-state index contributed by atoms with van der Waals surface area (Å²) in [6.45, 7) is 7.11. The first-order chi connectivity index (χ1) is 9.42. The number of anilines is 1. The molecule has 1 rings (SSSR count). The fourth-order valence-corrected chi connectivity index (χ4v) is 2.09. The third kappa shape index (κ3) is 3.46. The molecule has 1 aromatic heterocycles. The van der Waals surface area contributed by atoms with E-state index in [1.54, 1.807) is 18.9 Å². The number of carbonyl (C=O) groups is 1. The minimum Gasteiger partial charge on any atom is -0.364 e. The number of carbonyl (C=O) groups excluding carboxylic acids is 1. The predicted octanol–water partition coefficient (Wildman–Crippen LogP) is 1.31. The van der Waals surface area contributed by atoms with Gasteiger partial charge in [-0.25, -0.2) is 4.68 Å². The fourth-order valence-electron chi connectivity index (χ4n) is 2.09. The third-order valence-corrected chi connectivity index (χ3v) is 3.12. The molecule has 0 spiro atoms. The van der Waals surface area contributed by atoms with Gasteiger partial charge in [0.05, 0.1) is 4.92 Å². The van der Waals surface area contributed by atoms with Crippen LogP contribution in [0.1, 0.15) is 26.0 Å². The number of hydrogen-bond acceptors (Lipinski definition) is 5. The van der Waals surface area contributed by atoms with Crippen molar-refractivity contribution in [3.05, 3.63) is 15.8 Å². The zero-order valence-electron chi connectivity index (χ0n) is 12.3. The topological polar surface area (TPSA) is 93.3 Å². The van der Waals surface area contributed by atoms with Crippen LogP contribution in [-0.2, 0) is 11.8 Å². The molecule has 0 atom stereocenters. The van der Waals surface area contributed by atoms with E-state index in [1.165, 1.54) is 4.68 Å². The molecular formula is C12H21N5O3. The van der Waals surface area contributed by atoms with Crippen LogP contribution in [0, 0.1) is 17.0 Å². The van der Waals surface area contributed by atoms with E-state index in [2.05, 4.69) is 10.4 Å². The summed E-state index contributed by atoms with van der Waals surface area (Å²) in [6.07, 6.45) is 0.295. The minimum absolute atomic E-state index is 0.0315. The standard InChI is InChI=1S/C12H21N5O3/c1-5-16(6-2)10(18)7-8-13-12-11(17(19)20)9(3)14-15(12)4/h13H,5-8H2,1-4H3. The maximum Gasteiger partial charge on any atom is 0.333 e. The number of nitrogens with zero attached hydrogens (tertiary/aromatic N) is 4. The summed E-state index contributed by atoms with van der Waals surface area (Å²) in [5, 5.41) is 17.9. The van der Waals surface area contributed by atoms with Crippen LogP contribution in [-0.4, -0.2) is 45.1 Å². The van der Waals surface area contributed by atoms with Gasteiger partial charge < -0.3 is 10.2 Å². The molecule has 112 valence electrons. The molecule has 0 aliphatic heterocycles. The van der Waals surface area contributed by atoms with Gasteiger partial charge in [-0.1, -0.05) is 0 Å². The average molecular weight is 283 g/mol. The van der Waals surface area contributed by atoms with Gasteiger partial charge in [-0.3, -0.25) is 14.9 Å². The summed E-state index contributed by atoms with van der Waals surface area (Å²) in [6, 6.07) is 0. The van der Waals surface area contributed by atoms with Crippen LogP contribution in [0.4, 0.5) is 11.5 Å². The van der Waals surface area contributed by atoms with Gasteiger partial charge in [0.2, 0.25) is 11.7 Å². The minimum atomic E-state index is -0.461. The molecule has 0 saturated heterocycles. The van der Waals surface area contributed by atoms with Crippen LogP contribution < -0.4 is 5.32 Å². The summed E-state index contributed by atoms with van der Waals surface area (Å²) in [5.74, 6) is 0.365. The van der Waals surface area contributed by atoms with Crippen LogP contribution in [0.5, 0.6) is 0 Å². The lowest BCUT2D eigenvalue weighted by molar-refractivity contribution is -0.384. The van der Waals surface area contributed by atoms with E-state index in [4.69, 9.17) is 0 Å². The molecule has 0 aromatic carbocycles. The molecule has 1 heterocycles. The highest BCUT2D eigenvalue weighted by atomic mass is 16.6. The summed E-state index contributed by atoms with van der Waals surface area (Å²) >= 11 is 0. The normalized spacial score (nSPS) is 10.4. The Morgan fingerprint density at radius 3 is 2.55 bits per heavy atom. The van der Waals surface area contributed by atoms with Crippen molar-refractivity contribution in [2.45, 2.75) is 27.2 Å². The van der Waals surface area contributed by atoms with Crippen molar-refractivity contribution in [1.29, 1.82) is 0 Å². The largest absolute Gasteiger partial charge is 0.364 e. The quantitative estimate of drug-likeness (QED) is 0.601. The first-order valence-electron chi connectivity index (χ1n) is 6.61. The second-order valence-corrected chi connectivity index (χ2v) is 4.41. The van der Waals surface area contributed by atoms with Crippen molar-refractivity contribution in [3.63, 3.8) is 0 Å². The molecule has 8 nitrogen and oxygen atoms in total. The molecule has 1 N–H and O–H groups in total. The summed E-state index contributed by atoms with van der Waals surface area (Å²) < 4.78 is 1.43. The van der Waals surface area contributed by atoms with E-state index in [-0.39, 0.29) is 11.6 Å². The monoisotopic (exact) mass is 283 g/mol. The van der Waals surface area contributed by atoms with Crippen molar-refractivity contribution in [1.82, 2.24) is 14.7 Å². The first kappa shape index (κ1) is 15.9. The number of nitrogens with one attached hydrogen (secondary N) is 1. The second kappa shape index (κ2) is 6.88. The first-order valence-corrected chi connectivity index (χ1v) is 6.61. The Morgan fingerprint density at radius 2 is 2.05 bits per heavy atom. The fraction of sp³-hybridized carbons (Fsp3) is 0.667. The predicted molar refractivity (Wildman–Crippen MR) is 75.6 cm³/mol. The van der Waals surface area contributed by atoms with Crippen LogP contribution in [0.15, 0.2) is 0 Å². The molecule has 20 heavy (non-hydrogen) atoms. The highest BCUT2D eigenvalue weighted by Crippen LogP contribution is 2.26. The highest BCUT2D eigenvalue weighted by Gasteiger charge is 2.23. The van der Waals surface area contributed by atoms with E-state index >= 15 is 0 Å². The lowest BCUT2D eigenvalue weighted by Gasteiger charge is -2.18. The van der Waals surface area contributed by atoms with E-state index in [9.17, 15) is 14.9 Å². The Labute approximate surface area is 117 Å². The number of aryl methyl sites for hydroxylation is 2. The van der Waals surface area contributed by atoms with Gasteiger partial charge in [0, 0.05) is 33.1 Å². The smallest absolute Gasteiger partial charge is 0.333 e. The van der Waals surface area contributed by atoms with Crippen molar-refractivity contribution in [2.24, 2.45) is 7.05 Å². The van der Waals surface area contributed by atoms with Crippen LogP contribution in [0.3, 0.4) is 0 Å². The molecule has 0 aliphatic carbocycles. The average Bonchev–Trinajstić information content (AvgIpc) is 2.65. The number of nitro groups is 1. The molecule has 0 fully saturated rings. The molecule has 8 heteroatoms. The van der Waals surface area contributed by atoms with Gasteiger partial charge in [0.25, 0.3) is 0 Å². The zero-order chi connectivity index (χ0) is 15.3. The molecular weight excluding hydrogens is 262 g/mol. The van der Waals surface area contributed by atoms with Gasteiger partial charge in [-0.2, -0.15) is 5.10 Å². The Kier molecular flexibility index (Phi) is 5.48. The second-order valence-electron chi connectivity index (χ2n) is 4.41. The summed E-state index contributed by atoms with van der Waals surface area (Å²) in [7, 11) is 1.63. The van der Waals surface area contributed by atoms with Gasteiger partial charge in [0.1, 0.15) is 5.69 Å². The lowest BCUT2D eigenvalue weighted by atomic mass is 10.3. The van der Waals surface area contributed by atoms with E-state index in [0.29, 0.717) is 37.6 Å². The van der Waals surface area contributed by atoms with Crippen LogP contribution in [0.2, 0.25) is 0 Å². The lowest BCUT2D eigenvalue weighted by Crippen LogP contribution is -2.31. The zero-order valence-corrected chi connectivity index (χ0v) is 12.3. The maximum atomic E-state index is 11.8. The van der Waals surface area contributed by atoms with Gasteiger partial charge >= 0.3 is 5.69 Å². The summed E-state index contributed by atoms with van der Waals surface area (Å²) in [5.41, 5.74) is 0.317. The van der Waals surface area contributed by atoms with Crippen molar-refractivity contribution < 1.29 is 9.72 Å².